The monoisotopic (exact) mass is 404 g/mol. The largest absolute Gasteiger partial charge is 0.495 e. The maximum Gasteiger partial charge on any atom is 0.325 e. The van der Waals surface area contributed by atoms with Crippen LogP contribution in [0.1, 0.15) is 21.5 Å². The first-order valence-electron chi connectivity index (χ1n) is 8.44. The summed E-state index contributed by atoms with van der Waals surface area (Å²) in [6.07, 6.45) is 0. The number of hydrogen-bond donors (Lipinski definition) is 2. The van der Waals surface area contributed by atoms with Gasteiger partial charge in [-0.25, -0.2) is 0 Å². The lowest BCUT2D eigenvalue weighted by Gasteiger charge is -2.12. The smallest absolute Gasteiger partial charge is 0.325 e. The standard InChI is InChI=1S/C20H21ClN2O5/c1-12-5-4-6-14(7-12)20(26)22-10-19(25)28-11-18(24)23-16-8-13(2)15(21)9-17(16)27-3/h4-9H,10-11H2,1-3H3,(H,22,26)(H,23,24). The van der Waals surface area contributed by atoms with Gasteiger partial charge < -0.3 is 20.1 Å². The van der Waals surface area contributed by atoms with Crippen LogP contribution in [-0.4, -0.2) is 38.0 Å². The van der Waals surface area contributed by atoms with Crippen LogP contribution in [-0.2, 0) is 14.3 Å². The minimum absolute atomic E-state index is 0.344. The zero-order chi connectivity index (χ0) is 20.7. The Morgan fingerprint density at radius 1 is 1.11 bits per heavy atom. The van der Waals surface area contributed by atoms with Gasteiger partial charge >= 0.3 is 5.97 Å². The van der Waals surface area contributed by atoms with Crippen LogP contribution < -0.4 is 15.4 Å². The summed E-state index contributed by atoms with van der Waals surface area (Å²) in [4.78, 5) is 35.8. The molecule has 0 aliphatic rings. The Labute approximate surface area is 168 Å². The molecule has 0 unspecified atom stereocenters. The van der Waals surface area contributed by atoms with Gasteiger partial charge in [-0.1, -0.05) is 29.3 Å². The van der Waals surface area contributed by atoms with Gasteiger partial charge in [0.15, 0.2) is 6.61 Å². The van der Waals surface area contributed by atoms with E-state index >= 15 is 0 Å². The molecule has 0 aliphatic carbocycles. The molecule has 28 heavy (non-hydrogen) atoms. The molecule has 0 spiro atoms. The van der Waals surface area contributed by atoms with E-state index in [9.17, 15) is 14.4 Å². The topological polar surface area (TPSA) is 93.7 Å². The molecule has 2 N–H and O–H groups in total. The van der Waals surface area contributed by atoms with Gasteiger partial charge in [0.05, 0.1) is 12.8 Å². The third-order valence-electron chi connectivity index (χ3n) is 3.79. The van der Waals surface area contributed by atoms with E-state index in [0.29, 0.717) is 22.0 Å². The fraction of sp³-hybridized carbons (Fsp3) is 0.250. The zero-order valence-corrected chi connectivity index (χ0v) is 16.6. The molecule has 0 fully saturated rings. The third kappa shape index (κ3) is 5.99. The SMILES string of the molecule is COc1cc(Cl)c(C)cc1NC(=O)COC(=O)CNC(=O)c1cccc(C)c1. The van der Waals surface area contributed by atoms with Gasteiger partial charge in [0.2, 0.25) is 0 Å². The summed E-state index contributed by atoms with van der Waals surface area (Å²) in [5.41, 5.74) is 2.54. The average molecular weight is 405 g/mol. The lowest BCUT2D eigenvalue weighted by Crippen LogP contribution is -2.32. The van der Waals surface area contributed by atoms with Crippen molar-refractivity contribution >= 4 is 35.1 Å². The molecule has 0 heterocycles. The van der Waals surface area contributed by atoms with E-state index in [4.69, 9.17) is 21.1 Å². The molecule has 2 aromatic rings. The van der Waals surface area contributed by atoms with Crippen LogP contribution in [0.15, 0.2) is 36.4 Å². The Bertz CT molecular complexity index is 898. The Morgan fingerprint density at radius 2 is 1.86 bits per heavy atom. The van der Waals surface area contributed by atoms with Crippen molar-refractivity contribution < 1.29 is 23.9 Å². The highest BCUT2D eigenvalue weighted by molar-refractivity contribution is 6.31. The molecule has 2 amide bonds. The van der Waals surface area contributed by atoms with E-state index in [1.807, 2.05) is 13.0 Å². The predicted octanol–water partition coefficient (Wildman–Crippen LogP) is 2.88. The van der Waals surface area contributed by atoms with Crippen molar-refractivity contribution in [2.75, 3.05) is 25.6 Å². The molecule has 148 valence electrons. The molecule has 7 nitrogen and oxygen atoms in total. The van der Waals surface area contributed by atoms with E-state index in [-0.39, 0.29) is 6.54 Å². The fourth-order valence-electron chi connectivity index (χ4n) is 2.35. The van der Waals surface area contributed by atoms with Crippen LogP contribution in [0.25, 0.3) is 0 Å². The highest BCUT2D eigenvalue weighted by atomic mass is 35.5. The van der Waals surface area contributed by atoms with Crippen LogP contribution in [0.3, 0.4) is 0 Å². The van der Waals surface area contributed by atoms with Crippen LogP contribution in [0.2, 0.25) is 5.02 Å². The van der Waals surface area contributed by atoms with Crippen LogP contribution in [0.5, 0.6) is 5.75 Å². The highest BCUT2D eigenvalue weighted by Gasteiger charge is 2.13. The van der Waals surface area contributed by atoms with Gasteiger partial charge in [0, 0.05) is 16.7 Å². The number of ether oxygens (including phenoxy) is 2. The minimum Gasteiger partial charge on any atom is -0.495 e. The van der Waals surface area contributed by atoms with Crippen molar-refractivity contribution in [3.05, 3.63) is 58.1 Å². The number of nitrogens with one attached hydrogen (secondary N) is 2. The molecule has 0 saturated heterocycles. The Hall–Kier alpha value is -3.06. The first-order valence-corrected chi connectivity index (χ1v) is 8.82. The second-order valence-corrected chi connectivity index (χ2v) is 6.47. The van der Waals surface area contributed by atoms with Gasteiger partial charge in [0.25, 0.3) is 11.8 Å². The van der Waals surface area contributed by atoms with E-state index in [0.717, 1.165) is 11.1 Å². The predicted molar refractivity (Wildman–Crippen MR) is 106 cm³/mol. The molecular formula is C20H21ClN2O5. The van der Waals surface area contributed by atoms with Crippen LogP contribution in [0, 0.1) is 13.8 Å². The normalized spacial score (nSPS) is 10.1. The molecule has 0 saturated carbocycles. The highest BCUT2D eigenvalue weighted by Crippen LogP contribution is 2.30. The number of carbonyl (C=O) groups excluding carboxylic acids is 3. The lowest BCUT2D eigenvalue weighted by atomic mass is 10.1. The number of esters is 1. The number of benzene rings is 2. The number of hydrogen-bond acceptors (Lipinski definition) is 5. The molecule has 0 aliphatic heterocycles. The number of rotatable bonds is 7. The maximum atomic E-state index is 12.0. The summed E-state index contributed by atoms with van der Waals surface area (Å²) < 4.78 is 10.0. The molecule has 0 atom stereocenters. The Morgan fingerprint density at radius 3 is 2.54 bits per heavy atom. The molecule has 0 aromatic heterocycles. The number of halogens is 1. The zero-order valence-electron chi connectivity index (χ0n) is 15.8. The van der Waals surface area contributed by atoms with Gasteiger partial charge in [-0.15, -0.1) is 0 Å². The van der Waals surface area contributed by atoms with Crippen molar-refractivity contribution in [3.63, 3.8) is 0 Å². The fourth-order valence-corrected chi connectivity index (χ4v) is 2.51. The van der Waals surface area contributed by atoms with E-state index in [1.165, 1.54) is 7.11 Å². The van der Waals surface area contributed by atoms with Gasteiger partial charge in [0.1, 0.15) is 12.3 Å². The number of methoxy groups -OCH3 is 1. The van der Waals surface area contributed by atoms with Crippen molar-refractivity contribution in [2.45, 2.75) is 13.8 Å². The molecule has 2 aromatic carbocycles. The molecule has 0 radical (unpaired) electrons. The van der Waals surface area contributed by atoms with Crippen LogP contribution >= 0.6 is 11.6 Å². The van der Waals surface area contributed by atoms with E-state index in [1.54, 1.807) is 37.3 Å². The Balaban J connectivity index is 1.82. The van der Waals surface area contributed by atoms with Crippen molar-refractivity contribution in [2.24, 2.45) is 0 Å². The summed E-state index contributed by atoms with van der Waals surface area (Å²) in [6, 6.07) is 10.2. The van der Waals surface area contributed by atoms with E-state index in [2.05, 4.69) is 10.6 Å². The quantitative estimate of drug-likeness (QED) is 0.692. The minimum atomic E-state index is -0.726. The molecule has 8 heteroatoms. The van der Waals surface area contributed by atoms with Gasteiger partial charge in [-0.3, -0.25) is 14.4 Å². The summed E-state index contributed by atoms with van der Waals surface area (Å²) >= 11 is 6.02. The van der Waals surface area contributed by atoms with Gasteiger partial charge in [-0.2, -0.15) is 0 Å². The Kier molecular flexibility index (Phi) is 7.40. The summed E-state index contributed by atoms with van der Waals surface area (Å²) in [7, 11) is 1.45. The first-order chi connectivity index (χ1) is 13.3. The third-order valence-corrected chi connectivity index (χ3v) is 4.20. The first kappa shape index (κ1) is 21.2. The lowest BCUT2D eigenvalue weighted by molar-refractivity contribution is -0.146. The summed E-state index contributed by atoms with van der Waals surface area (Å²) in [5.74, 6) is -1.28. The van der Waals surface area contributed by atoms with Crippen molar-refractivity contribution in [3.8, 4) is 5.75 Å². The number of amides is 2. The molecule has 0 bridgehead atoms. The summed E-state index contributed by atoms with van der Waals surface area (Å²) in [5, 5.41) is 5.55. The van der Waals surface area contributed by atoms with Crippen molar-refractivity contribution in [1.29, 1.82) is 0 Å². The average Bonchev–Trinajstić information content (AvgIpc) is 2.67. The molecular weight excluding hydrogens is 384 g/mol. The van der Waals surface area contributed by atoms with Crippen LogP contribution in [0.4, 0.5) is 5.69 Å². The second kappa shape index (κ2) is 9.75. The van der Waals surface area contributed by atoms with E-state index < -0.39 is 24.4 Å². The maximum absolute atomic E-state index is 12.0. The number of aryl methyl sites for hydroxylation is 2. The van der Waals surface area contributed by atoms with Crippen molar-refractivity contribution in [1.82, 2.24) is 5.32 Å². The number of anilines is 1. The second-order valence-electron chi connectivity index (χ2n) is 6.06. The van der Waals surface area contributed by atoms with Gasteiger partial charge in [-0.05, 0) is 37.6 Å². The molecule has 2 rings (SSSR count). The number of carbonyl (C=O) groups is 3. The summed E-state index contributed by atoms with van der Waals surface area (Å²) in [6.45, 7) is 2.81.